The van der Waals surface area contributed by atoms with Crippen LogP contribution in [-0.2, 0) is 34.0 Å². The normalized spacial score (nSPS) is 16.6. The zero-order valence-electron chi connectivity index (χ0n) is 19.7. The predicted molar refractivity (Wildman–Crippen MR) is 125 cm³/mol. The van der Waals surface area contributed by atoms with Crippen LogP contribution in [0.15, 0.2) is 53.7 Å². The van der Waals surface area contributed by atoms with Crippen LogP contribution in [0.3, 0.4) is 0 Å². The lowest BCUT2D eigenvalue weighted by Gasteiger charge is -2.23. The van der Waals surface area contributed by atoms with Crippen LogP contribution in [-0.4, -0.2) is 46.2 Å². The summed E-state index contributed by atoms with van der Waals surface area (Å²) in [6.45, 7) is 2.06. The number of pyridine rings is 1. The zero-order chi connectivity index (χ0) is 26.8. The Bertz CT molecular complexity index is 1380. The van der Waals surface area contributed by atoms with Crippen molar-refractivity contribution in [3.05, 3.63) is 71.7 Å². The van der Waals surface area contributed by atoms with Crippen LogP contribution in [0.1, 0.15) is 36.8 Å². The summed E-state index contributed by atoms with van der Waals surface area (Å²) < 4.78 is 78.8. The van der Waals surface area contributed by atoms with Crippen molar-refractivity contribution in [2.24, 2.45) is 0 Å². The molecule has 1 N–H and O–H groups in total. The smallest absolute Gasteiger partial charge is 0.351 e. The Kier molecular flexibility index (Phi) is 7.55. The zero-order valence-corrected chi connectivity index (χ0v) is 20.5. The van der Waals surface area contributed by atoms with E-state index in [2.05, 4.69) is 20.3 Å². The molecule has 1 aliphatic heterocycles. The standard InChI is InChI=1S/C24H23F4N5O3S/c1-2-18-10-15(11-20(32-18)16-13-30-23(31-14-16)24(26,27)28)12-29-22(34)21-4-3-9-33(21)37(35,36)19-7-5-17(25)6-8-19/h5-8,10-11,13-14,21H,2-4,9,12H2,1H3,(H,29,34)/t21-/m0/s1. The second-order valence-electron chi connectivity index (χ2n) is 8.44. The summed E-state index contributed by atoms with van der Waals surface area (Å²) in [4.78, 5) is 24.0. The van der Waals surface area contributed by atoms with Gasteiger partial charge in [0.05, 0.1) is 10.6 Å². The fourth-order valence-corrected chi connectivity index (χ4v) is 5.68. The average Bonchev–Trinajstić information content (AvgIpc) is 3.38. The third-order valence-corrected chi connectivity index (χ3v) is 7.82. The lowest BCUT2D eigenvalue weighted by Crippen LogP contribution is -2.45. The van der Waals surface area contributed by atoms with E-state index in [0.29, 0.717) is 36.2 Å². The summed E-state index contributed by atoms with van der Waals surface area (Å²) in [6, 6.07) is 6.84. The van der Waals surface area contributed by atoms with E-state index >= 15 is 0 Å². The van der Waals surface area contributed by atoms with E-state index in [9.17, 15) is 30.8 Å². The van der Waals surface area contributed by atoms with Gasteiger partial charge in [-0.15, -0.1) is 0 Å². The molecule has 1 aliphatic rings. The summed E-state index contributed by atoms with van der Waals surface area (Å²) in [6.07, 6.45) is -1.23. The van der Waals surface area contributed by atoms with Crippen LogP contribution in [0, 0.1) is 5.82 Å². The van der Waals surface area contributed by atoms with Crippen molar-refractivity contribution >= 4 is 15.9 Å². The molecule has 3 heterocycles. The Morgan fingerprint density at radius 2 is 1.81 bits per heavy atom. The number of rotatable bonds is 7. The Morgan fingerprint density at radius 1 is 1.14 bits per heavy atom. The molecule has 1 atom stereocenters. The van der Waals surface area contributed by atoms with Crippen molar-refractivity contribution in [2.75, 3.05) is 6.54 Å². The summed E-state index contributed by atoms with van der Waals surface area (Å²) >= 11 is 0. The first kappa shape index (κ1) is 26.6. The Labute approximate surface area is 210 Å². The van der Waals surface area contributed by atoms with Gasteiger partial charge in [0.15, 0.2) is 0 Å². The minimum atomic E-state index is -4.66. The third-order valence-electron chi connectivity index (χ3n) is 5.89. The van der Waals surface area contributed by atoms with Crippen molar-refractivity contribution in [3.8, 4) is 11.3 Å². The second kappa shape index (κ2) is 10.5. The topological polar surface area (TPSA) is 105 Å². The first-order valence-corrected chi connectivity index (χ1v) is 12.9. The van der Waals surface area contributed by atoms with Crippen LogP contribution in [0.4, 0.5) is 17.6 Å². The molecule has 1 amide bonds. The maximum Gasteiger partial charge on any atom is 0.451 e. The van der Waals surface area contributed by atoms with Gasteiger partial charge in [-0.2, -0.15) is 17.5 Å². The molecule has 0 bridgehead atoms. The Morgan fingerprint density at radius 3 is 2.43 bits per heavy atom. The van der Waals surface area contributed by atoms with Crippen molar-refractivity contribution in [1.29, 1.82) is 0 Å². The largest absolute Gasteiger partial charge is 0.451 e. The number of amides is 1. The SMILES string of the molecule is CCc1cc(CNC(=O)[C@@H]2CCCN2S(=O)(=O)c2ccc(F)cc2)cc(-c2cnc(C(F)(F)F)nc2)n1. The van der Waals surface area contributed by atoms with Gasteiger partial charge in [-0.25, -0.2) is 22.8 Å². The van der Waals surface area contributed by atoms with Gasteiger partial charge in [0.2, 0.25) is 21.8 Å². The van der Waals surface area contributed by atoms with Gasteiger partial charge in [-0.3, -0.25) is 9.78 Å². The maximum absolute atomic E-state index is 13.2. The fourth-order valence-electron chi connectivity index (χ4n) is 4.03. The summed E-state index contributed by atoms with van der Waals surface area (Å²) in [7, 11) is -4.00. The van der Waals surface area contributed by atoms with Crippen LogP contribution >= 0.6 is 0 Å². The number of aromatic nitrogens is 3. The van der Waals surface area contributed by atoms with Crippen LogP contribution in [0.25, 0.3) is 11.3 Å². The minimum absolute atomic E-state index is 0.0454. The van der Waals surface area contributed by atoms with E-state index in [4.69, 9.17) is 0 Å². The van der Waals surface area contributed by atoms with Gasteiger partial charge in [-0.05, 0) is 61.2 Å². The number of benzene rings is 1. The molecule has 8 nitrogen and oxygen atoms in total. The van der Waals surface area contributed by atoms with Crippen LogP contribution < -0.4 is 5.32 Å². The van der Waals surface area contributed by atoms with E-state index in [0.717, 1.165) is 41.0 Å². The number of carbonyl (C=O) groups excluding carboxylic acids is 1. The van der Waals surface area contributed by atoms with Gasteiger partial charge >= 0.3 is 6.18 Å². The minimum Gasteiger partial charge on any atom is -0.351 e. The molecular formula is C24H23F4N5O3S. The number of nitrogens with one attached hydrogen (secondary N) is 1. The third kappa shape index (κ3) is 5.93. The molecule has 2 aromatic heterocycles. The molecule has 13 heteroatoms. The van der Waals surface area contributed by atoms with E-state index < -0.39 is 39.8 Å². The van der Waals surface area contributed by atoms with Gasteiger partial charge in [0, 0.05) is 36.7 Å². The molecule has 0 radical (unpaired) electrons. The highest BCUT2D eigenvalue weighted by atomic mass is 32.2. The number of aryl methyl sites for hydroxylation is 1. The van der Waals surface area contributed by atoms with Crippen molar-refractivity contribution < 1.29 is 30.8 Å². The molecule has 0 unspecified atom stereocenters. The molecule has 4 rings (SSSR count). The van der Waals surface area contributed by atoms with Crippen molar-refractivity contribution in [3.63, 3.8) is 0 Å². The molecule has 1 saturated heterocycles. The van der Waals surface area contributed by atoms with Crippen molar-refractivity contribution in [2.45, 2.75) is 49.8 Å². The first-order valence-electron chi connectivity index (χ1n) is 11.4. The molecule has 3 aromatic rings. The molecule has 1 fully saturated rings. The number of hydrogen-bond acceptors (Lipinski definition) is 6. The van der Waals surface area contributed by atoms with Gasteiger partial charge in [-0.1, -0.05) is 6.92 Å². The van der Waals surface area contributed by atoms with E-state index in [1.165, 1.54) is 0 Å². The highest BCUT2D eigenvalue weighted by Gasteiger charge is 2.39. The highest BCUT2D eigenvalue weighted by molar-refractivity contribution is 7.89. The van der Waals surface area contributed by atoms with Crippen LogP contribution in [0.2, 0.25) is 0 Å². The number of nitrogens with zero attached hydrogens (tertiary/aromatic N) is 4. The van der Waals surface area contributed by atoms with Crippen LogP contribution in [0.5, 0.6) is 0 Å². The maximum atomic E-state index is 13.2. The molecule has 0 aliphatic carbocycles. The molecule has 0 spiro atoms. The molecule has 37 heavy (non-hydrogen) atoms. The molecule has 1 aromatic carbocycles. The van der Waals surface area contributed by atoms with E-state index in [1.54, 1.807) is 12.1 Å². The van der Waals surface area contributed by atoms with Gasteiger partial charge in [0.25, 0.3) is 0 Å². The highest BCUT2D eigenvalue weighted by Crippen LogP contribution is 2.28. The van der Waals surface area contributed by atoms with E-state index in [1.807, 2.05) is 6.92 Å². The Hall–Kier alpha value is -3.45. The predicted octanol–water partition coefficient (Wildman–Crippen LogP) is 3.73. The Balaban J connectivity index is 1.50. The summed E-state index contributed by atoms with van der Waals surface area (Å²) in [5.41, 5.74) is 1.89. The van der Waals surface area contributed by atoms with Gasteiger partial charge in [0.1, 0.15) is 11.9 Å². The number of halogens is 4. The van der Waals surface area contributed by atoms with Gasteiger partial charge < -0.3 is 5.32 Å². The first-order chi connectivity index (χ1) is 17.5. The summed E-state index contributed by atoms with van der Waals surface area (Å²) in [5, 5.41) is 2.75. The van der Waals surface area contributed by atoms with E-state index in [-0.39, 0.29) is 23.5 Å². The molecule has 0 saturated carbocycles. The number of hydrogen-bond donors (Lipinski definition) is 1. The summed E-state index contributed by atoms with van der Waals surface area (Å²) in [5.74, 6) is -2.31. The lowest BCUT2D eigenvalue weighted by atomic mass is 10.1. The fraction of sp³-hybridized carbons (Fsp3) is 0.333. The quantitative estimate of drug-likeness (QED) is 0.461. The second-order valence-corrected chi connectivity index (χ2v) is 10.3. The van der Waals surface area contributed by atoms with Crippen molar-refractivity contribution in [1.82, 2.24) is 24.6 Å². The average molecular weight is 538 g/mol. The molecular weight excluding hydrogens is 514 g/mol. The molecule has 196 valence electrons. The number of carbonyl (C=O) groups is 1. The number of alkyl halides is 3. The monoisotopic (exact) mass is 537 g/mol. The number of sulfonamides is 1. The lowest BCUT2D eigenvalue weighted by molar-refractivity contribution is -0.145.